The van der Waals surface area contributed by atoms with Gasteiger partial charge in [0.2, 0.25) is 0 Å². The average Bonchev–Trinajstić information content (AvgIpc) is 2.58. The molecular formula is C16H13N5O3. The molecule has 0 bridgehead atoms. The van der Waals surface area contributed by atoms with Gasteiger partial charge in [-0.05, 0) is 17.7 Å². The van der Waals surface area contributed by atoms with E-state index in [1.54, 1.807) is 36.4 Å². The molecule has 0 aliphatic rings. The Morgan fingerprint density at radius 3 is 2.42 bits per heavy atom. The molecule has 0 aliphatic carbocycles. The molecule has 2 aromatic carbocycles. The number of para-hydroxylation sites is 1. The van der Waals surface area contributed by atoms with Gasteiger partial charge in [0.15, 0.2) is 5.82 Å². The number of non-ortho nitro benzene ring substituents is 1. The van der Waals surface area contributed by atoms with Crippen LogP contribution in [0.4, 0.5) is 11.4 Å². The van der Waals surface area contributed by atoms with Gasteiger partial charge in [0.05, 0.1) is 4.92 Å². The summed E-state index contributed by atoms with van der Waals surface area (Å²) in [6, 6.07) is 13.0. The number of nitrogens with two attached hydrogens (primary N) is 1. The molecule has 0 atom stereocenters. The van der Waals surface area contributed by atoms with E-state index in [0.717, 1.165) is 5.56 Å². The van der Waals surface area contributed by atoms with E-state index in [-0.39, 0.29) is 23.4 Å². The van der Waals surface area contributed by atoms with E-state index in [1.165, 1.54) is 12.1 Å². The highest BCUT2D eigenvalue weighted by atomic mass is 16.6. The molecule has 0 fully saturated rings. The van der Waals surface area contributed by atoms with E-state index < -0.39 is 4.92 Å². The number of aromatic nitrogens is 3. The fraction of sp³-hybridized carbons (Fsp3) is 0.0625. The van der Waals surface area contributed by atoms with Crippen molar-refractivity contribution in [2.45, 2.75) is 6.42 Å². The van der Waals surface area contributed by atoms with Crippen LogP contribution in [0.5, 0.6) is 0 Å². The Morgan fingerprint density at radius 2 is 1.79 bits per heavy atom. The number of nitrogen functional groups attached to an aromatic ring is 1. The Labute approximate surface area is 136 Å². The lowest BCUT2D eigenvalue weighted by atomic mass is 10.1. The van der Waals surface area contributed by atoms with Gasteiger partial charge >= 0.3 is 0 Å². The Kier molecular flexibility index (Phi) is 4.02. The lowest BCUT2D eigenvalue weighted by molar-refractivity contribution is -0.384. The second-order valence-corrected chi connectivity index (χ2v) is 5.14. The first kappa shape index (κ1) is 15.3. The Bertz CT molecular complexity index is 950. The number of anilines is 1. The van der Waals surface area contributed by atoms with Crippen LogP contribution in [0.1, 0.15) is 11.3 Å². The summed E-state index contributed by atoms with van der Waals surface area (Å²) < 4.78 is 0. The van der Waals surface area contributed by atoms with Crippen LogP contribution in [0.2, 0.25) is 0 Å². The van der Waals surface area contributed by atoms with Gasteiger partial charge in [-0.15, -0.1) is 10.2 Å². The van der Waals surface area contributed by atoms with E-state index >= 15 is 0 Å². The van der Waals surface area contributed by atoms with Crippen LogP contribution in [0.15, 0.2) is 53.3 Å². The maximum atomic E-state index is 12.2. The third-order valence-electron chi connectivity index (χ3n) is 3.50. The normalized spacial score (nSPS) is 10.5. The van der Waals surface area contributed by atoms with Crippen molar-refractivity contribution in [1.82, 2.24) is 15.2 Å². The van der Waals surface area contributed by atoms with Crippen molar-refractivity contribution in [3.63, 3.8) is 0 Å². The van der Waals surface area contributed by atoms with Gasteiger partial charge in [-0.3, -0.25) is 14.9 Å². The van der Waals surface area contributed by atoms with E-state index in [2.05, 4.69) is 15.2 Å². The van der Waals surface area contributed by atoms with Gasteiger partial charge in [-0.1, -0.05) is 24.3 Å². The van der Waals surface area contributed by atoms with Crippen molar-refractivity contribution < 1.29 is 4.92 Å². The van der Waals surface area contributed by atoms with Gasteiger partial charge in [0, 0.05) is 29.8 Å². The number of nitrogens with one attached hydrogen (secondary N) is 1. The summed E-state index contributed by atoms with van der Waals surface area (Å²) in [5.74, 6) is 0.297. The first-order valence-electron chi connectivity index (χ1n) is 7.08. The van der Waals surface area contributed by atoms with Crippen LogP contribution >= 0.6 is 0 Å². The van der Waals surface area contributed by atoms with Crippen LogP contribution in [-0.4, -0.2) is 20.1 Å². The monoisotopic (exact) mass is 323 g/mol. The number of hydrogen-bond acceptors (Lipinski definition) is 6. The second-order valence-electron chi connectivity index (χ2n) is 5.14. The van der Waals surface area contributed by atoms with Crippen LogP contribution in [0.25, 0.3) is 11.4 Å². The molecule has 8 nitrogen and oxygen atoms in total. The van der Waals surface area contributed by atoms with Crippen LogP contribution in [0.3, 0.4) is 0 Å². The van der Waals surface area contributed by atoms with Gasteiger partial charge in [-0.2, -0.15) is 0 Å². The molecular weight excluding hydrogens is 310 g/mol. The first-order chi connectivity index (χ1) is 11.5. The van der Waals surface area contributed by atoms with Gasteiger partial charge < -0.3 is 10.7 Å². The molecule has 0 radical (unpaired) electrons. The first-order valence-corrected chi connectivity index (χ1v) is 7.08. The summed E-state index contributed by atoms with van der Waals surface area (Å²) in [6.45, 7) is 0. The summed E-state index contributed by atoms with van der Waals surface area (Å²) in [5, 5.41) is 18.6. The number of hydrogen-bond donors (Lipinski definition) is 2. The SMILES string of the molecule is Nc1ccccc1-c1nnc(Cc2ccc([N+](=O)[O-])cc2)c(=O)[nH]1. The topological polar surface area (TPSA) is 128 Å². The lowest BCUT2D eigenvalue weighted by Crippen LogP contribution is -2.18. The Hall–Kier alpha value is -3.55. The molecule has 3 N–H and O–H groups in total. The zero-order valence-corrected chi connectivity index (χ0v) is 12.5. The molecule has 0 saturated heterocycles. The largest absolute Gasteiger partial charge is 0.398 e. The number of benzene rings is 2. The lowest BCUT2D eigenvalue weighted by Gasteiger charge is -2.05. The number of nitro benzene ring substituents is 1. The van der Waals surface area contributed by atoms with Crippen molar-refractivity contribution in [1.29, 1.82) is 0 Å². The summed E-state index contributed by atoms with van der Waals surface area (Å²) in [4.78, 5) is 25.0. The average molecular weight is 323 g/mol. The third-order valence-corrected chi connectivity index (χ3v) is 3.50. The molecule has 120 valence electrons. The van der Waals surface area contributed by atoms with E-state index in [0.29, 0.717) is 17.1 Å². The molecule has 3 rings (SSSR count). The highest BCUT2D eigenvalue weighted by Crippen LogP contribution is 2.20. The predicted molar refractivity (Wildman–Crippen MR) is 88.4 cm³/mol. The summed E-state index contributed by atoms with van der Waals surface area (Å²) >= 11 is 0. The minimum atomic E-state index is -0.477. The number of nitro groups is 1. The van der Waals surface area contributed by atoms with Gasteiger partial charge in [-0.25, -0.2) is 0 Å². The number of nitrogens with zero attached hydrogens (tertiary/aromatic N) is 3. The fourth-order valence-corrected chi connectivity index (χ4v) is 2.24. The molecule has 3 aromatic rings. The molecule has 0 amide bonds. The Balaban J connectivity index is 1.87. The van der Waals surface area contributed by atoms with Crippen molar-refractivity contribution in [2.75, 3.05) is 5.73 Å². The third kappa shape index (κ3) is 3.12. The van der Waals surface area contributed by atoms with Crippen molar-refractivity contribution in [2.24, 2.45) is 0 Å². The quantitative estimate of drug-likeness (QED) is 0.429. The van der Waals surface area contributed by atoms with Gasteiger partial charge in [0.25, 0.3) is 11.2 Å². The Morgan fingerprint density at radius 1 is 1.08 bits per heavy atom. The maximum Gasteiger partial charge on any atom is 0.273 e. The summed E-state index contributed by atoms with van der Waals surface area (Å²) in [6.07, 6.45) is 0.227. The van der Waals surface area contributed by atoms with Crippen LogP contribution in [0, 0.1) is 10.1 Å². The maximum absolute atomic E-state index is 12.2. The number of aromatic amines is 1. The minimum absolute atomic E-state index is 0.00588. The molecule has 1 aromatic heterocycles. The molecule has 1 heterocycles. The molecule has 8 heteroatoms. The summed E-state index contributed by atoms with van der Waals surface area (Å²) in [5.41, 5.74) is 7.52. The molecule has 0 saturated carbocycles. The fourth-order valence-electron chi connectivity index (χ4n) is 2.24. The smallest absolute Gasteiger partial charge is 0.273 e. The highest BCUT2D eigenvalue weighted by Gasteiger charge is 2.10. The van der Waals surface area contributed by atoms with Crippen molar-refractivity contribution in [3.8, 4) is 11.4 Å². The molecule has 0 unspecified atom stereocenters. The molecule has 0 spiro atoms. The van der Waals surface area contributed by atoms with E-state index in [9.17, 15) is 14.9 Å². The predicted octanol–water partition coefficient (Wildman–Crippen LogP) is 1.91. The van der Waals surface area contributed by atoms with E-state index in [4.69, 9.17) is 5.73 Å². The number of rotatable bonds is 4. The van der Waals surface area contributed by atoms with Crippen molar-refractivity contribution in [3.05, 3.63) is 80.3 Å². The van der Waals surface area contributed by atoms with E-state index in [1.807, 2.05) is 0 Å². The zero-order chi connectivity index (χ0) is 17.1. The van der Waals surface area contributed by atoms with Crippen LogP contribution in [-0.2, 0) is 6.42 Å². The molecule has 24 heavy (non-hydrogen) atoms. The van der Waals surface area contributed by atoms with Gasteiger partial charge in [0.1, 0.15) is 5.69 Å². The van der Waals surface area contributed by atoms with Crippen LogP contribution < -0.4 is 11.3 Å². The summed E-state index contributed by atoms with van der Waals surface area (Å²) in [7, 11) is 0. The van der Waals surface area contributed by atoms with Crippen molar-refractivity contribution >= 4 is 11.4 Å². The minimum Gasteiger partial charge on any atom is -0.398 e. The zero-order valence-electron chi connectivity index (χ0n) is 12.5. The second kappa shape index (κ2) is 6.29. The number of H-pyrrole nitrogens is 1. The highest BCUT2D eigenvalue weighted by molar-refractivity contribution is 5.70. The standard InChI is InChI=1S/C16H13N5O3/c17-13-4-2-1-3-12(13)15-18-16(22)14(19-20-15)9-10-5-7-11(8-6-10)21(23)24/h1-8H,9,17H2,(H,18,20,22). The molecule has 0 aliphatic heterocycles.